The summed E-state index contributed by atoms with van der Waals surface area (Å²) in [6, 6.07) is 19.2. The van der Waals surface area contributed by atoms with E-state index >= 15 is 0 Å². The van der Waals surface area contributed by atoms with E-state index in [1.807, 2.05) is 42.5 Å². The van der Waals surface area contributed by atoms with Gasteiger partial charge in [0.25, 0.3) is 0 Å². The first-order valence-electron chi connectivity index (χ1n) is 9.02. The van der Waals surface area contributed by atoms with Gasteiger partial charge < -0.3 is 5.32 Å². The lowest BCUT2D eigenvalue weighted by Gasteiger charge is -2.09. The Balaban J connectivity index is 1.63. The van der Waals surface area contributed by atoms with E-state index in [0.717, 1.165) is 16.3 Å². The second-order valence-corrected chi connectivity index (χ2v) is 6.58. The van der Waals surface area contributed by atoms with Crippen LogP contribution in [0.2, 0.25) is 0 Å². The zero-order chi connectivity index (χ0) is 21.7. The summed E-state index contributed by atoms with van der Waals surface area (Å²) in [5.74, 6) is -2.33. The van der Waals surface area contributed by atoms with Crippen molar-refractivity contribution in [1.82, 2.24) is 5.43 Å². The smallest absolute Gasteiger partial charge is 0.318 e. The van der Waals surface area contributed by atoms with Crippen LogP contribution in [0.4, 0.5) is 18.9 Å². The van der Waals surface area contributed by atoms with Gasteiger partial charge in [-0.25, -0.2) is 5.43 Å². The van der Waals surface area contributed by atoms with Gasteiger partial charge in [-0.05, 0) is 41.0 Å². The molecule has 0 aromatic heterocycles. The number of hydrogen-bond acceptors (Lipinski definition) is 3. The van der Waals surface area contributed by atoms with Crippen molar-refractivity contribution in [2.75, 3.05) is 5.32 Å². The number of hydrogen-bond donors (Lipinski definition) is 2. The summed E-state index contributed by atoms with van der Waals surface area (Å²) in [6.07, 6.45) is -4.80. The van der Waals surface area contributed by atoms with Crippen LogP contribution in [0.25, 0.3) is 10.8 Å². The van der Waals surface area contributed by atoms with Crippen LogP contribution >= 0.6 is 0 Å². The van der Waals surface area contributed by atoms with E-state index in [1.165, 1.54) is 24.3 Å². The molecule has 0 saturated heterocycles. The van der Waals surface area contributed by atoms with Crippen LogP contribution in [0.1, 0.15) is 18.1 Å². The summed E-state index contributed by atoms with van der Waals surface area (Å²) in [7, 11) is 0. The van der Waals surface area contributed by atoms with Gasteiger partial charge in [0.05, 0.1) is 12.1 Å². The third kappa shape index (κ3) is 5.22. The molecular weight excluding hydrogens is 395 g/mol. The SMILES string of the molecule is CC(=NNC(=O)Cc1cccc2ccccc12)c1ccc(NC(=O)C(F)(F)F)cc1. The van der Waals surface area contributed by atoms with E-state index in [1.54, 1.807) is 12.2 Å². The topological polar surface area (TPSA) is 70.6 Å². The van der Waals surface area contributed by atoms with E-state index in [2.05, 4.69) is 10.5 Å². The highest BCUT2D eigenvalue weighted by Crippen LogP contribution is 2.20. The highest BCUT2D eigenvalue weighted by molar-refractivity contribution is 6.00. The molecule has 0 heterocycles. The summed E-state index contributed by atoms with van der Waals surface area (Å²) in [5.41, 5.74) is 4.43. The predicted molar refractivity (Wildman–Crippen MR) is 109 cm³/mol. The third-order valence-corrected chi connectivity index (χ3v) is 4.40. The third-order valence-electron chi connectivity index (χ3n) is 4.40. The molecule has 0 atom stereocenters. The van der Waals surface area contributed by atoms with E-state index in [0.29, 0.717) is 11.3 Å². The van der Waals surface area contributed by atoms with Gasteiger partial charge in [-0.2, -0.15) is 18.3 Å². The number of benzene rings is 3. The fraction of sp³-hybridized carbons (Fsp3) is 0.136. The maximum absolute atomic E-state index is 12.3. The Kier molecular flexibility index (Phi) is 6.15. The van der Waals surface area contributed by atoms with Crippen LogP contribution in [-0.4, -0.2) is 23.7 Å². The molecule has 0 aliphatic heterocycles. The highest BCUT2D eigenvalue weighted by atomic mass is 19.4. The lowest BCUT2D eigenvalue weighted by molar-refractivity contribution is -0.167. The number of carbonyl (C=O) groups excluding carboxylic acids is 2. The first-order chi connectivity index (χ1) is 14.2. The first kappa shape index (κ1) is 21.0. The van der Waals surface area contributed by atoms with Crippen LogP contribution in [0.15, 0.2) is 71.8 Å². The lowest BCUT2D eigenvalue weighted by atomic mass is 10.0. The molecule has 0 aliphatic rings. The van der Waals surface area contributed by atoms with Gasteiger partial charge in [-0.1, -0.05) is 54.6 Å². The van der Waals surface area contributed by atoms with Crippen LogP contribution in [0.3, 0.4) is 0 Å². The number of carbonyl (C=O) groups is 2. The van der Waals surface area contributed by atoms with Gasteiger partial charge in [0.2, 0.25) is 5.91 Å². The molecule has 0 unspecified atom stereocenters. The summed E-state index contributed by atoms with van der Waals surface area (Å²) >= 11 is 0. The zero-order valence-corrected chi connectivity index (χ0v) is 16.0. The average molecular weight is 413 g/mol. The second-order valence-electron chi connectivity index (χ2n) is 6.58. The molecule has 8 heteroatoms. The van der Waals surface area contributed by atoms with Crippen molar-refractivity contribution < 1.29 is 22.8 Å². The van der Waals surface area contributed by atoms with Crippen molar-refractivity contribution in [1.29, 1.82) is 0 Å². The fourth-order valence-corrected chi connectivity index (χ4v) is 2.87. The molecule has 0 saturated carbocycles. The highest BCUT2D eigenvalue weighted by Gasteiger charge is 2.38. The van der Waals surface area contributed by atoms with E-state index < -0.39 is 12.1 Å². The molecule has 2 N–H and O–H groups in total. The maximum atomic E-state index is 12.3. The summed E-state index contributed by atoms with van der Waals surface area (Å²) in [6.45, 7) is 1.65. The molecule has 2 amide bonds. The fourth-order valence-electron chi connectivity index (χ4n) is 2.87. The number of alkyl halides is 3. The van der Waals surface area contributed by atoms with Gasteiger partial charge in [0.15, 0.2) is 0 Å². The van der Waals surface area contributed by atoms with Crippen molar-refractivity contribution in [3.05, 3.63) is 77.9 Å². The van der Waals surface area contributed by atoms with Crippen molar-refractivity contribution in [2.24, 2.45) is 5.10 Å². The molecule has 0 fully saturated rings. The summed E-state index contributed by atoms with van der Waals surface area (Å²) in [4.78, 5) is 23.2. The zero-order valence-electron chi connectivity index (χ0n) is 16.0. The van der Waals surface area contributed by atoms with Crippen LogP contribution in [-0.2, 0) is 16.0 Å². The number of anilines is 1. The minimum Gasteiger partial charge on any atom is -0.318 e. The lowest BCUT2D eigenvalue weighted by Crippen LogP contribution is -2.29. The average Bonchev–Trinajstić information content (AvgIpc) is 2.72. The van der Waals surface area contributed by atoms with Crippen LogP contribution in [0, 0.1) is 0 Å². The molecule has 3 aromatic rings. The Bertz CT molecular complexity index is 1100. The number of fused-ring (bicyclic) bond motifs is 1. The Morgan fingerprint density at radius 1 is 0.933 bits per heavy atom. The van der Waals surface area contributed by atoms with Crippen molar-refractivity contribution in [3.63, 3.8) is 0 Å². The minimum atomic E-state index is -4.95. The number of rotatable bonds is 5. The minimum absolute atomic E-state index is 0.00821. The Hall–Kier alpha value is -3.68. The van der Waals surface area contributed by atoms with Crippen molar-refractivity contribution in [3.8, 4) is 0 Å². The summed E-state index contributed by atoms with van der Waals surface area (Å²) in [5, 5.41) is 7.85. The van der Waals surface area contributed by atoms with Crippen LogP contribution < -0.4 is 10.7 Å². The monoisotopic (exact) mass is 413 g/mol. The molecule has 0 spiro atoms. The molecule has 0 radical (unpaired) electrons. The van der Waals surface area contributed by atoms with E-state index in [9.17, 15) is 22.8 Å². The Labute approximate surface area is 170 Å². The molecule has 154 valence electrons. The molecular formula is C22H18F3N3O2. The van der Waals surface area contributed by atoms with Gasteiger partial charge in [0.1, 0.15) is 0 Å². The molecule has 3 rings (SSSR count). The summed E-state index contributed by atoms with van der Waals surface area (Å²) < 4.78 is 36.9. The Morgan fingerprint density at radius 3 is 2.30 bits per heavy atom. The number of nitrogens with one attached hydrogen (secondary N) is 2. The van der Waals surface area contributed by atoms with Gasteiger partial charge in [0, 0.05) is 5.69 Å². The largest absolute Gasteiger partial charge is 0.471 e. The van der Waals surface area contributed by atoms with Gasteiger partial charge in [-0.3, -0.25) is 9.59 Å². The van der Waals surface area contributed by atoms with Gasteiger partial charge in [-0.15, -0.1) is 0 Å². The molecule has 5 nitrogen and oxygen atoms in total. The Morgan fingerprint density at radius 2 is 1.60 bits per heavy atom. The molecule has 30 heavy (non-hydrogen) atoms. The standard InChI is InChI=1S/C22H18F3N3O2/c1-14(15-9-11-18(12-10-15)26-21(30)22(23,24)25)27-28-20(29)13-17-7-4-6-16-5-2-3-8-19(16)17/h2-12H,13H2,1H3,(H,26,30)(H,28,29). The van der Waals surface area contributed by atoms with E-state index in [-0.39, 0.29) is 18.0 Å². The number of halogens is 3. The number of amides is 2. The van der Waals surface area contributed by atoms with Crippen molar-refractivity contribution in [2.45, 2.75) is 19.5 Å². The second kappa shape index (κ2) is 8.77. The van der Waals surface area contributed by atoms with Crippen molar-refractivity contribution >= 4 is 34.0 Å². The molecule has 0 aliphatic carbocycles. The van der Waals surface area contributed by atoms with Gasteiger partial charge >= 0.3 is 12.1 Å². The maximum Gasteiger partial charge on any atom is 0.471 e. The molecule has 3 aromatic carbocycles. The van der Waals surface area contributed by atoms with Crippen LogP contribution in [0.5, 0.6) is 0 Å². The number of hydrazone groups is 1. The quantitative estimate of drug-likeness (QED) is 0.480. The number of nitrogens with zero attached hydrogens (tertiary/aromatic N) is 1. The molecule has 0 bridgehead atoms. The normalized spacial score (nSPS) is 11.9. The first-order valence-corrected chi connectivity index (χ1v) is 9.02. The van der Waals surface area contributed by atoms with E-state index in [4.69, 9.17) is 0 Å². The predicted octanol–water partition coefficient (Wildman–Crippen LogP) is 4.42.